The highest BCUT2D eigenvalue weighted by atomic mass is 16.5. The first-order chi connectivity index (χ1) is 15.0. The highest BCUT2D eigenvalue weighted by Gasteiger charge is 2.25. The number of anilines is 2. The summed E-state index contributed by atoms with van der Waals surface area (Å²) in [6.45, 7) is 8.70. The molecule has 1 aromatic carbocycles. The van der Waals surface area contributed by atoms with Crippen molar-refractivity contribution in [3.05, 3.63) is 41.1 Å². The van der Waals surface area contributed by atoms with E-state index >= 15 is 0 Å². The molecule has 1 aromatic heterocycles. The van der Waals surface area contributed by atoms with Gasteiger partial charge < -0.3 is 29.5 Å². The van der Waals surface area contributed by atoms with E-state index in [2.05, 4.69) is 16.3 Å². The quantitative estimate of drug-likeness (QED) is 0.549. The van der Waals surface area contributed by atoms with Gasteiger partial charge in [-0.2, -0.15) is 5.26 Å². The van der Waals surface area contributed by atoms with Crippen LogP contribution in [-0.4, -0.2) is 62.0 Å². The molecular formula is C23H32N5O3+. The molecule has 0 atom stereocenters. The number of nitriles is 1. The summed E-state index contributed by atoms with van der Waals surface area (Å²) in [6.07, 6.45) is 0.804. The molecule has 0 radical (unpaired) electrons. The number of aromatic hydroxyl groups is 1. The number of quaternary nitrogens is 1. The maximum absolute atomic E-state index is 12.8. The Balaban J connectivity index is 1.62. The molecule has 0 bridgehead atoms. The van der Waals surface area contributed by atoms with Crippen LogP contribution in [0.2, 0.25) is 0 Å². The van der Waals surface area contributed by atoms with Gasteiger partial charge in [-0.25, -0.2) is 0 Å². The number of carbonyl (C=O) groups is 1. The molecule has 8 nitrogen and oxygen atoms in total. The number of rotatable bonds is 8. The number of carbonyl (C=O) groups excluding carboxylic acids is 1. The zero-order valence-electron chi connectivity index (χ0n) is 18.6. The molecule has 0 unspecified atom stereocenters. The number of ether oxygens (including phenoxy) is 1. The normalized spacial score (nSPS) is 14.5. The predicted molar refractivity (Wildman–Crippen MR) is 120 cm³/mol. The van der Waals surface area contributed by atoms with E-state index in [0.29, 0.717) is 31.1 Å². The molecule has 1 amide bonds. The van der Waals surface area contributed by atoms with Gasteiger partial charge in [0.1, 0.15) is 17.6 Å². The van der Waals surface area contributed by atoms with Crippen LogP contribution in [0.25, 0.3) is 0 Å². The number of amides is 1. The van der Waals surface area contributed by atoms with E-state index in [-0.39, 0.29) is 11.7 Å². The third-order valence-corrected chi connectivity index (χ3v) is 6.03. The molecule has 0 spiro atoms. The molecule has 8 heteroatoms. The molecule has 1 aliphatic rings. The Morgan fingerprint density at radius 2 is 2.00 bits per heavy atom. The average molecular weight is 427 g/mol. The fraction of sp³-hybridized carbons (Fsp3) is 0.478. The molecule has 2 aromatic rings. The molecule has 1 saturated heterocycles. The van der Waals surface area contributed by atoms with Crippen LogP contribution in [0.1, 0.15) is 23.2 Å². The van der Waals surface area contributed by atoms with E-state index in [1.165, 1.54) is 4.90 Å². The Bertz CT molecular complexity index is 955. The lowest BCUT2D eigenvalue weighted by atomic mass is 10.2. The largest absolute Gasteiger partial charge is 0.506 e. The molecule has 166 valence electrons. The number of para-hydroxylation sites is 2. The topological polar surface area (TPSA) is 95.0 Å². The number of nitrogens with zero attached hydrogens (tertiary/aromatic N) is 3. The summed E-state index contributed by atoms with van der Waals surface area (Å²) in [7, 11) is 1.67. The maximum atomic E-state index is 12.8. The number of nitrogens with one attached hydrogen (secondary N) is 2. The molecule has 3 N–H and O–H groups in total. The van der Waals surface area contributed by atoms with Gasteiger partial charge in [-0.15, -0.1) is 0 Å². The Morgan fingerprint density at radius 1 is 1.29 bits per heavy atom. The van der Waals surface area contributed by atoms with Crippen molar-refractivity contribution in [2.75, 3.05) is 56.7 Å². The number of hydrogen-bond acceptors (Lipinski definition) is 5. The molecule has 2 heterocycles. The van der Waals surface area contributed by atoms with Crippen LogP contribution < -0.4 is 15.1 Å². The fourth-order valence-corrected chi connectivity index (χ4v) is 4.15. The minimum atomic E-state index is -0.0898. The van der Waals surface area contributed by atoms with E-state index in [9.17, 15) is 15.2 Å². The average Bonchev–Trinajstić information content (AvgIpc) is 2.98. The molecular weight excluding hydrogens is 394 g/mol. The first-order valence-electron chi connectivity index (χ1n) is 10.7. The summed E-state index contributed by atoms with van der Waals surface area (Å²) in [5.41, 5.74) is 3.26. The van der Waals surface area contributed by atoms with Crippen LogP contribution in [0.4, 0.5) is 11.5 Å². The van der Waals surface area contributed by atoms with Crippen molar-refractivity contribution in [2.45, 2.75) is 26.8 Å². The zero-order chi connectivity index (χ0) is 22.4. The van der Waals surface area contributed by atoms with Gasteiger partial charge in [0, 0.05) is 26.0 Å². The highest BCUT2D eigenvalue weighted by Crippen LogP contribution is 2.27. The number of phenols is 1. The Hall–Kier alpha value is -3.02. The lowest BCUT2D eigenvalue weighted by Gasteiger charge is -2.33. The zero-order valence-corrected chi connectivity index (χ0v) is 18.6. The van der Waals surface area contributed by atoms with Crippen molar-refractivity contribution in [3.63, 3.8) is 0 Å². The predicted octanol–water partition coefficient (Wildman–Crippen LogP) is 1.06. The highest BCUT2D eigenvalue weighted by molar-refractivity contribution is 5.92. The fourth-order valence-electron chi connectivity index (χ4n) is 4.15. The Kier molecular flexibility index (Phi) is 7.55. The summed E-state index contributed by atoms with van der Waals surface area (Å²) >= 11 is 0. The lowest BCUT2D eigenvalue weighted by Crippen LogP contribution is -3.15. The van der Waals surface area contributed by atoms with Gasteiger partial charge in [-0.3, -0.25) is 4.79 Å². The molecule has 3 rings (SSSR count). The lowest BCUT2D eigenvalue weighted by molar-refractivity contribution is -0.892. The van der Waals surface area contributed by atoms with Crippen LogP contribution in [0, 0.1) is 25.2 Å². The van der Waals surface area contributed by atoms with Gasteiger partial charge in [0.15, 0.2) is 6.54 Å². The van der Waals surface area contributed by atoms with E-state index in [4.69, 9.17) is 4.74 Å². The van der Waals surface area contributed by atoms with Crippen LogP contribution >= 0.6 is 0 Å². The number of benzene rings is 1. The van der Waals surface area contributed by atoms with Crippen molar-refractivity contribution in [2.24, 2.45) is 0 Å². The standard InChI is InChI=1S/C23H31N5O3/c1-17-18(2)28(9-6-14-31-3)23(19(17)15-24)25-22(30)16-26-10-12-27(13-11-26)20-7-4-5-8-21(20)29/h4-5,7-8,29H,6,9-14,16H2,1-3H3,(H,25,30)/p+1. The number of hydrogen-bond donors (Lipinski definition) is 3. The first kappa shape index (κ1) is 22.7. The van der Waals surface area contributed by atoms with Crippen LogP contribution in [-0.2, 0) is 16.1 Å². The van der Waals surface area contributed by atoms with Gasteiger partial charge in [0.05, 0.1) is 37.4 Å². The molecule has 1 fully saturated rings. The summed E-state index contributed by atoms with van der Waals surface area (Å²) in [5, 5.41) is 22.7. The SMILES string of the molecule is COCCCn1c(C)c(C)c(C#N)c1NC(=O)C[NH+]1CCN(c2ccccc2O)CC1. The molecule has 31 heavy (non-hydrogen) atoms. The third-order valence-electron chi connectivity index (χ3n) is 6.03. The smallest absolute Gasteiger partial charge is 0.280 e. The van der Waals surface area contributed by atoms with Crippen LogP contribution in [0.15, 0.2) is 24.3 Å². The van der Waals surface area contributed by atoms with Gasteiger partial charge in [0.25, 0.3) is 5.91 Å². The number of piperazine rings is 1. The van der Waals surface area contributed by atoms with E-state index in [1.54, 1.807) is 13.2 Å². The van der Waals surface area contributed by atoms with Crippen LogP contribution in [0.5, 0.6) is 5.75 Å². The van der Waals surface area contributed by atoms with Gasteiger partial charge in [0.2, 0.25) is 0 Å². The summed E-state index contributed by atoms with van der Waals surface area (Å²) in [6, 6.07) is 9.59. The van der Waals surface area contributed by atoms with Gasteiger partial charge >= 0.3 is 0 Å². The van der Waals surface area contributed by atoms with Gasteiger partial charge in [-0.05, 0) is 38.0 Å². The third kappa shape index (κ3) is 5.19. The molecule has 0 saturated carbocycles. The summed E-state index contributed by atoms with van der Waals surface area (Å²) in [4.78, 5) is 16.2. The summed E-state index contributed by atoms with van der Waals surface area (Å²) in [5.74, 6) is 0.784. The number of methoxy groups -OCH3 is 1. The summed E-state index contributed by atoms with van der Waals surface area (Å²) < 4.78 is 7.16. The first-order valence-corrected chi connectivity index (χ1v) is 10.7. The maximum Gasteiger partial charge on any atom is 0.280 e. The second-order valence-corrected chi connectivity index (χ2v) is 7.99. The van der Waals surface area contributed by atoms with E-state index in [1.807, 2.05) is 36.6 Å². The van der Waals surface area contributed by atoms with Gasteiger partial charge in [-0.1, -0.05) is 12.1 Å². The second-order valence-electron chi connectivity index (χ2n) is 7.99. The van der Waals surface area contributed by atoms with Crippen molar-refractivity contribution in [1.82, 2.24) is 4.57 Å². The van der Waals surface area contributed by atoms with Crippen LogP contribution in [0.3, 0.4) is 0 Å². The minimum absolute atomic E-state index is 0.0898. The minimum Gasteiger partial charge on any atom is -0.506 e. The second kappa shape index (κ2) is 10.3. The van der Waals surface area contributed by atoms with Crippen molar-refractivity contribution >= 4 is 17.4 Å². The van der Waals surface area contributed by atoms with E-state index < -0.39 is 0 Å². The van der Waals surface area contributed by atoms with Crippen molar-refractivity contribution in [3.8, 4) is 11.8 Å². The van der Waals surface area contributed by atoms with Crippen molar-refractivity contribution in [1.29, 1.82) is 5.26 Å². The number of phenolic OH excluding ortho intramolecular Hbond substituents is 1. The van der Waals surface area contributed by atoms with E-state index in [0.717, 1.165) is 49.5 Å². The molecule has 0 aliphatic carbocycles. The molecule has 1 aliphatic heterocycles. The Labute approximate surface area is 183 Å². The monoisotopic (exact) mass is 426 g/mol. The Morgan fingerprint density at radius 3 is 2.65 bits per heavy atom. The van der Waals surface area contributed by atoms with Crippen molar-refractivity contribution < 1.29 is 19.5 Å². The number of aromatic nitrogens is 1.